The molecule has 1 aliphatic carbocycles. The number of nitrogens with zero attached hydrogens (tertiary/aromatic N) is 5. The highest BCUT2D eigenvalue weighted by atomic mass is 19.1. The van der Waals surface area contributed by atoms with Crippen molar-refractivity contribution in [3.05, 3.63) is 57.6 Å². The summed E-state index contributed by atoms with van der Waals surface area (Å²) in [5.41, 5.74) is 2.62. The number of rotatable bonds is 4. The van der Waals surface area contributed by atoms with Gasteiger partial charge in [0.15, 0.2) is 11.5 Å². The van der Waals surface area contributed by atoms with Gasteiger partial charge in [0, 0.05) is 62.7 Å². The summed E-state index contributed by atoms with van der Waals surface area (Å²) in [5, 5.41) is 6.97. The summed E-state index contributed by atoms with van der Waals surface area (Å²) in [6.07, 6.45) is 4.29. The van der Waals surface area contributed by atoms with Gasteiger partial charge in [-0.3, -0.25) is 14.5 Å². The predicted molar refractivity (Wildman–Crippen MR) is 108 cm³/mol. The number of hydrogen-bond acceptors (Lipinski definition) is 6. The van der Waals surface area contributed by atoms with E-state index < -0.39 is 11.7 Å². The molecule has 30 heavy (non-hydrogen) atoms. The first kappa shape index (κ1) is 18.7. The molecule has 2 N–H and O–H groups in total. The average molecular weight is 411 g/mol. The van der Waals surface area contributed by atoms with Crippen LogP contribution in [0.15, 0.2) is 29.3 Å². The van der Waals surface area contributed by atoms with E-state index in [0.717, 1.165) is 25.2 Å². The maximum atomic E-state index is 14.3. The molecule has 2 fully saturated rings. The molecule has 1 aliphatic heterocycles. The number of aromatic nitrogens is 4. The third-order valence-corrected chi connectivity index (χ3v) is 5.89. The number of anilines is 1. The predicted octanol–water partition coefficient (Wildman–Crippen LogP) is 0.688. The molecule has 2 aliphatic rings. The van der Waals surface area contributed by atoms with Crippen LogP contribution in [0.3, 0.4) is 0 Å². The SMILES string of the molecule is CNC(=O)c1ncc(N2CCN(Cc3cc4[nH]c(=O)c(C)cn4n3)C3CC32)cc1F. The summed E-state index contributed by atoms with van der Waals surface area (Å²) in [4.78, 5) is 34.8. The summed E-state index contributed by atoms with van der Waals surface area (Å²) in [6.45, 7) is 4.00. The molecule has 1 saturated heterocycles. The molecule has 10 heteroatoms. The lowest BCUT2D eigenvalue weighted by atomic mass is 10.2. The molecule has 156 valence electrons. The van der Waals surface area contributed by atoms with E-state index in [-0.39, 0.29) is 11.3 Å². The number of amides is 1. The number of hydrogen-bond donors (Lipinski definition) is 2. The number of nitrogens with one attached hydrogen (secondary N) is 2. The molecule has 0 radical (unpaired) electrons. The highest BCUT2D eigenvalue weighted by Gasteiger charge is 2.49. The first-order valence-electron chi connectivity index (χ1n) is 9.91. The highest BCUT2D eigenvalue weighted by molar-refractivity contribution is 5.92. The number of H-pyrrole nitrogens is 1. The third kappa shape index (κ3) is 3.13. The normalized spacial score (nSPS) is 21.0. The van der Waals surface area contributed by atoms with Crippen molar-refractivity contribution in [3.8, 4) is 0 Å². The topological polar surface area (TPSA) is 98.6 Å². The lowest BCUT2D eigenvalue weighted by Crippen LogP contribution is -2.46. The number of piperazine rings is 1. The number of fused-ring (bicyclic) bond motifs is 2. The van der Waals surface area contributed by atoms with Gasteiger partial charge in [-0.2, -0.15) is 5.10 Å². The maximum Gasteiger partial charge on any atom is 0.272 e. The van der Waals surface area contributed by atoms with Crippen molar-refractivity contribution in [2.24, 2.45) is 0 Å². The van der Waals surface area contributed by atoms with E-state index in [2.05, 4.69) is 30.2 Å². The van der Waals surface area contributed by atoms with Crippen molar-refractivity contribution in [2.75, 3.05) is 25.0 Å². The lowest BCUT2D eigenvalue weighted by molar-refractivity contribution is 0.0953. The van der Waals surface area contributed by atoms with E-state index >= 15 is 0 Å². The fraction of sp³-hybridized carbons (Fsp3) is 0.400. The maximum absolute atomic E-state index is 14.3. The Morgan fingerprint density at radius 2 is 2.17 bits per heavy atom. The Hall–Kier alpha value is -3.27. The third-order valence-electron chi connectivity index (χ3n) is 5.89. The fourth-order valence-corrected chi connectivity index (χ4v) is 4.23. The number of carbonyl (C=O) groups is 1. The first-order valence-corrected chi connectivity index (χ1v) is 9.91. The van der Waals surface area contributed by atoms with Crippen LogP contribution in [0.1, 0.15) is 28.2 Å². The fourth-order valence-electron chi connectivity index (χ4n) is 4.23. The van der Waals surface area contributed by atoms with Gasteiger partial charge in [-0.25, -0.2) is 13.9 Å². The molecule has 9 nitrogen and oxygen atoms in total. The quantitative estimate of drug-likeness (QED) is 0.656. The molecule has 3 aromatic rings. The van der Waals surface area contributed by atoms with Crippen LogP contribution in [0, 0.1) is 12.7 Å². The molecule has 0 aromatic carbocycles. The van der Waals surface area contributed by atoms with Gasteiger partial charge < -0.3 is 15.2 Å². The minimum atomic E-state index is -0.611. The Kier molecular flexibility index (Phi) is 4.31. The Morgan fingerprint density at radius 1 is 1.33 bits per heavy atom. The van der Waals surface area contributed by atoms with Crippen LogP contribution in [-0.2, 0) is 6.54 Å². The molecule has 2 unspecified atom stereocenters. The van der Waals surface area contributed by atoms with Crippen LogP contribution in [0.25, 0.3) is 5.65 Å². The van der Waals surface area contributed by atoms with Crippen molar-refractivity contribution >= 4 is 17.2 Å². The van der Waals surface area contributed by atoms with Gasteiger partial charge in [0.05, 0.1) is 17.6 Å². The van der Waals surface area contributed by atoms with Crippen LogP contribution in [-0.4, -0.2) is 62.6 Å². The van der Waals surface area contributed by atoms with E-state index in [1.807, 2.05) is 6.07 Å². The van der Waals surface area contributed by atoms with E-state index in [1.165, 1.54) is 13.1 Å². The zero-order chi connectivity index (χ0) is 21.0. The van der Waals surface area contributed by atoms with Crippen LogP contribution < -0.4 is 15.8 Å². The van der Waals surface area contributed by atoms with Crippen LogP contribution in [0.2, 0.25) is 0 Å². The molecule has 0 bridgehead atoms. The second-order valence-corrected chi connectivity index (χ2v) is 7.87. The summed E-state index contributed by atoms with van der Waals surface area (Å²) in [7, 11) is 1.45. The van der Waals surface area contributed by atoms with Gasteiger partial charge in [-0.1, -0.05) is 0 Å². The molecule has 5 rings (SSSR count). The lowest BCUT2D eigenvalue weighted by Gasteiger charge is -2.35. The van der Waals surface area contributed by atoms with Gasteiger partial charge in [0.2, 0.25) is 0 Å². The summed E-state index contributed by atoms with van der Waals surface area (Å²) < 4.78 is 16.0. The number of halogens is 1. The van der Waals surface area contributed by atoms with E-state index in [9.17, 15) is 14.0 Å². The molecule has 0 spiro atoms. The second-order valence-electron chi connectivity index (χ2n) is 7.87. The van der Waals surface area contributed by atoms with Crippen molar-refractivity contribution in [1.29, 1.82) is 0 Å². The summed E-state index contributed by atoms with van der Waals surface area (Å²) >= 11 is 0. The van der Waals surface area contributed by atoms with Gasteiger partial charge >= 0.3 is 0 Å². The number of aromatic amines is 1. The van der Waals surface area contributed by atoms with E-state index in [1.54, 1.807) is 23.8 Å². The zero-order valence-electron chi connectivity index (χ0n) is 16.7. The van der Waals surface area contributed by atoms with E-state index in [4.69, 9.17) is 0 Å². The van der Waals surface area contributed by atoms with Crippen LogP contribution in [0.4, 0.5) is 10.1 Å². The minimum absolute atomic E-state index is 0.104. The second kappa shape index (κ2) is 6.91. The molecule has 3 aromatic heterocycles. The van der Waals surface area contributed by atoms with Gasteiger partial charge in [-0.15, -0.1) is 0 Å². The molecular formula is C20H22FN7O2. The summed E-state index contributed by atoms with van der Waals surface area (Å²) in [5.74, 6) is -1.14. The highest BCUT2D eigenvalue weighted by Crippen LogP contribution is 2.40. The van der Waals surface area contributed by atoms with E-state index in [0.29, 0.717) is 35.5 Å². The smallest absolute Gasteiger partial charge is 0.272 e. The van der Waals surface area contributed by atoms with Crippen LogP contribution in [0.5, 0.6) is 0 Å². The van der Waals surface area contributed by atoms with Crippen molar-refractivity contribution in [3.63, 3.8) is 0 Å². The van der Waals surface area contributed by atoms with Gasteiger partial charge in [-0.05, 0) is 13.3 Å². The van der Waals surface area contributed by atoms with Crippen LogP contribution >= 0.6 is 0 Å². The number of carbonyl (C=O) groups excluding carboxylic acids is 1. The van der Waals surface area contributed by atoms with Crippen molar-refractivity contribution < 1.29 is 9.18 Å². The Labute approximate surface area is 171 Å². The Morgan fingerprint density at radius 3 is 2.93 bits per heavy atom. The largest absolute Gasteiger partial charge is 0.364 e. The Balaban J connectivity index is 1.29. The van der Waals surface area contributed by atoms with Crippen molar-refractivity contribution in [2.45, 2.75) is 32.0 Å². The molecular weight excluding hydrogens is 389 g/mol. The van der Waals surface area contributed by atoms with Crippen molar-refractivity contribution in [1.82, 2.24) is 29.8 Å². The zero-order valence-corrected chi connectivity index (χ0v) is 16.7. The van der Waals surface area contributed by atoms with Gasteiger partial charge in [0.25, 0.3) is 11.5 Å². The molecule has 4 heterocycles. The molecule has 1 saturated carbocycles. The molecule has 2 atom stereocenters. The first-order chi connectivity index (χ1) is 14.4. The minimum Gasteiger partial charge on any atom is -0.364 e. The number of pyridine rings is 1. The Bertz CT molecular complexity index is 1200. The monoisotopic (exact) mass is 411 g/mol. The standard InChI is InChI=1S/C20H22FN7O2/c1-11-9-28-17(24-19(11)29)5-12(25-28)10-26-3-4-27(16-7-15(16)26)13-6-14(21)18(23-8-13)20(30)22-2/h5-6,8-9,15-16H,3-4,7,10H2,1-2H3,(H,22,30)(H,24,29). The average Bonchev–Trinajstić information content (AvgIpc) is 3.44. The molecule has 1 amide bonds. The number of aryl methyl sites for hydroxylation is 1. The summed E-state index contributed by atoms with van der Waals surface area (Å²) in [6, 6.07) is 3.96. The van der Waals surface area contributed by atoms with Gasteiger partial charge in [0.1, 0.15) is 5.65 Å².